The standard InChI is InChI=1S/C26H25ClO4/c1-2-29-24(28)17-26(22-13-15-23(27)16-14-22)30-18-25(19-31-26,20-9-5-3-6-10-20)21-11-7-4-8-12-21/h3-16H,2,17-19H2,1H3. The van der Waals surface area contributed by atoms with Gasteiger partial charge in [0.05, 0.1) is 25.2 Å². The summed E-state index contributed by atoms with van der Waals surface area (Å²) >= 11 is 6.08. The molecule has 0 atom stereocenters. The van der Waals surface area contributed by atoms with Gasteiger partial charge in [-0.05, 0) is 30.2 Å². The van der Waals surface area contributed by atoms with Crippen LogP contribution in [-0.4, -0.2) is 25.8 Å². The highest BCUT2D eigenvalue weighted by atomic mass is 35.5. The third-order valence-electron chi connectivity index (χ3n) is 5.72. The Bertz CT molecular complexity index is 953. The number of hydrogen-bond donors (Lipinski definition) is 0. The van der Waals surface area contributed by atoms with Crippen molar-refractivity contribution in [3.63, 3.8) is 0 Å². The van der Waals surface area contributed by atoms with Crippen LogP contribution >= 0.6 is 11.6 Å². The average Bonchev–Trinajstić information content (AvgIpc) is 2.81. The van der Waals surface area contributed by atoms with Crippen molar-refractivity contribution in [1.82, 2.24) is 0 Å². The number of esters is 1. The van der Waals surface area contributed by atoms with Gasteiger partial charge in [0, 0.05) is 10.6 Å². The first-order valence-corrected chi connectivity index (χ1v) is 10.8. The van der Waals surface area contributed by atoms with Gasteiger partial charge in [0.25, 0.3) is 0 Å². The van der Waals surface area contributed by atoms with E-state index in [1.807, 2.05) is 48.5 Å². The van der Waals surface area contributed by atoms with Gasteiger partial charge in [0.2, 0.25) is 5.79 Å². The second-order valence-corrected chi connectivity index (χ2v) is 8.07. The third-order valence-corrected chi connectivity index (χ3v) is 5.97. The minimum Gasteiger partial charge on any atom is -0.466 e. The van der Waals surface area contributed by atoms with Crippen molar-refractivity contribution in [3.05, 3.63) is 107 Å². The highest BCUT2D eigenvalue weighted by molar-refractivity contribution is 6.30. The highest BCUT2D eigenvalue weighted by Gasteiger charge is 2.49. The maximum absolute atomic E-state index is 12.4. The number of ether oxygens (including phenoxy) is 3. The number of benzene rings is 3. The Morgan fingerprint density at radius 3 is 1.84 bits per heavy atom. The van der Waals surface area contributed by atoms with Crippen molar-refractivity contribution in [3.8, 4) is 0 Å². The molecule has 4 nitrogen and oxygen atoms in total. The van der Waals surface area contributed by atoms with Crippen molar-refractivity contribution < 1.29 is 19.0 Å². The number of carbonyl (C=O) groups is 1. The number of halogens is 1. The van der Waals surface area contributed by atoms with Crippen LogP contribution in [0.1, 0.15) is 30.0 Å². The molecule has 0 radical (unpaired) electrons. The summed E-state index contributed by atoms with van der Waals surface area (Å²) in [5.41, 5.74) is 2.44. The molecule has 0 bridgehead atoms. The molecule has 3 aromatic rings. The molecule has 0 unspecified atom stereocenters. The van der Waals surface area contributed by atoms with E-state index in [-0.39, 0.29) is 12.4 Å². The Morgan fingerprint density at radius 2 is 1.35 bits per heavy atom. The summed E-state index contributed by atoms with van der Waals surface area (Å²) in [6.07, 6.45) is -0.0396. The Labute approximate surface area is 187 Å². The molecule has 5 heteroatoms. The van der Waals surface area contributed by atoms with E-state index in [2.05, 4.69) is 24.3 Å². The third kappa shape index (κ3) is 4.38. The molecule has 0 saturated carbocycles. The largest absolute Gasteiger partial charge is 0.466 e. The molecule has 160 valence electrons. The molecule has 0 spiro atoms. The average molecular weight is 437 g/mol. The Balaban J connectivity index is 1.72. The lowest BCUT2D eigenvalue weighted by Crippen LogP contribution is -2.51. The number of carbonyl (C=O) groups excluding carboxylic acids is 1. The molecule has 1 aliphatic rings. The molecule has 4 rings (SSSR count). The molecular formula is C26H25ClO4. The Hall–Kier alpha value is -2.66. The van der Waals surface area contributed by atoms with Gasteiger partial charge in [-0.3, -0.25) is 4.79 Å². The summed E-state index contributed by atoms with van der Waals surface area (Å²) < 4.78 is 18.1. The summed E-state index contributed by atoms with van der Waals surface area (Å²) in [6.45, 7) is 2.78. The number of hydrogen-bond acceptors (Lipinski definition) is 4. The summed E-state index contributed by atoms with van der Waals surface area (Å²) in [7, 11) is 0. The maximum Gasteiger partial charge on any atom is 0.311 e. The summed E-state index contributed by atoms with van der Waals surface area (Å²) in [4.78, 5) is 12.4. The molecule has 3 aromatic carbocycles. The topological polar surface area (TPSA) is 44.8 Å². The fourth-order valence-electron chi connectivity index (χ4n) is 4.05. The summed E-state index contributed by atoms with van der Waals surface area (Å²) in [5.74, 6) is -1.60. The van der Waals surface area contributed by atoms with Gasteiger partial charge in [0.1, 0.15) is 6.42 Å². The Kier molecular flexibility index (Phi) is 6.42. The quantitative estimate of drug-likeness (QED) is 0.480. The van der Waals surface area contributed by atoms with E-state index in [4.69, 9.17) is 25.8 Å². The molecule has 1 aliphatic heterocycles. The van der Waals surface area contributed by atoms with E-state index in [0.717, 1.165) is 16.7 Å². The summed E-state index contributed by atoms with van der Waals surface area (Å²) in [6, 6.07) is 27.6. The first-order valence-electron chi connectivity index (χ1n) is 10.4. The monoisotopic (exact) mass is 436 g/mol. The molecule has 0 amide bonds. The van der Waals surface area contributed by atoms with Crippen LogP contribution in [-0.2, 0) is 30.2 Å². The molecule has 1 heterocycles. The lowest BCUT2D eigenvalue weighted by molar-refractivity contribution is -0.296. The van der Waals surface area contributed by atoms with Gasteiger partial charge in [-0.25, -0.2) is 0 Å². The van der Waals surface area contributed by atoms with Crippen LogP contribution in [0.25, 0.3) is 0 Å². The zero-order valence-electron chi connectivity index (χ0n) is 17.4. The SMILES string of the molecule is CCOC(=O)CC1(c2ccc(Cl)cc2)OCC(c2ccccc2)(c2ccccc2)CO1. The van der Waals surface area contributed by atoms with E-state index in [1.165, 1.54) is 0 Å². The fraction of sp³-hybridized carbons (Fsp3) is 0.269. The van der Waals surface area contributed by atoms with Crippen LogP contribution in [0.15, 0.2) is 84.9 Å². The van der Waals surface area contributed by atoms with Crippen LogP contribution < -0.4 is 0 Å². The molecule has 31 heavy (non-hydrogen) atoms. The smallest absolute Gasteiger partial charge is 0.311 e. The minimum absolute atomic E-state index is 0.0396. The molecule has 1 fully saturated rings. The lowest BCUT2D eigenvalue weighted by Gasteiger charge is -2.46. The van der Waals surface area contributed by atoms with Gasteiger partial charge in [-0.15, -0.1) is 0 Å². The van der Waals surface area contributed by atoms with Crippen molar-refractivity contribution in [2.75, 3.05) is 19.8 Å². The van der Waals surface area contributed by atoms with E-state index in [0.29, 0.717) is 24.8 Å². The lowest BCUT2D eigenvalue weighted by atomic mass is 9.74. The van der Waals surface area contributed by atoms with Crippen LogP contribution in [0, 0.1) is 0 Å². The van der Waals surface area contributed by atoms with Gasteiger partial charge in [-0.1, -0.05) is 84.4 Å². The molecule has 0 aliphatic carbocycles. The zero-order chi connectivity index (χ0) is 21.7. The van der Waals surface area contributed by atoms with Crippen LogP contribution in [0.2, 0.25) is 5.02 Å². The molecule has 0 N–H and O–H groups in total. The molecular weight excluding hydrogens is 412 g/mol. The fourth-order valence-corrected chi connectivity index (χ4v) is 4.18. The zero-order valence-corrected chi connectivity index (χ0v) is 18.2. The summed E-state index contributed by atoms with van der Waals surface area (Å²) in [5, 5.41) is 0.605. The van der Waals surface area contributed by atoms with Crippen LogP contribution in [0.5, 0.6) is 0 Å². The van der Waals surface area contributed by atoms with E-state index in [9.17, 15) is 4.79 Å². The molecule has 0 aromatic heterocycles. The van der Waals surface area contributed by atoms with Gasteiger partial charge >= 0.3 is 5.97 Å². The number of rotatable bonds is 6. The minimum atomic E-state index is -1.23. The van der Waals surface area contributed by atoms with E-state index in [1.54, 1.807) is 19.1 Å². The first kappa shape index (κ1) is 21.6. The van der Waals surface area contributed by atoms with E-state index < -0.39 is 11.2 Å². The predicted octanol–water partition coefficient (Wildman–Crippen LogP) is 5.48. The van der Waals surface area contributed by atoms with Gasteiger partial charge in [-0.2, -0.15) is 0 Å². The van der Waals surface area contributed by atoms with Crippen molar-refractivity contribution in [1.29, 1.82) is 0 Å². The molecule has 1 saturated heterocycles. The van der Waals surface area contributed by atoms with Crippen LogP contribution in [0.4, 0.5) is 0 Å². The van der Waals surface area contributed by atoms with E-state index >= 15 is 0 Å². The van der Waals surface area contributed by atoms with Crippen molar-refractivity contribution in [2.24, 2.45) is 0 Å². The Morgan fingerprint density at radius 1 is 0.839 bits per heavy atom. The van der Waals surface area contributed by atoms with Gasteiger partial charge in [0.15, 0.2) is 0 Å². The second-order valence-electron chi connectivity index (χ2n) is 7.63. The van der Waals surface area contributed by atoms with Crippen molar-refractivity contribution in [2.45, 2.75) is 24.5 Å². The maximum atomic E-state index is 12.4. The van der Waals surface area contributed by atoms with Crippen LogP contribution in [0.3, 0.4) is 0 Å². The highest BCUT2D eigenvalue weighted by Crippen LogP contribution is 2.44. The second kappa shape index (κ2) is 9.23. The normalized spacial score (nSPS) is 17.1. The predicted molar refractivity (Wildman–Crippen MR) is 120 cm³/mol. The van der Waals surface area contributed by atoms with Crippen molar-refractivity contribution >= 4 is 17.6 Å². The van der Waals surface area contributed by atoms with Gasteiger partial charge < -0.3 is 14.2 Å². The first-order chi connectivity index (χ1) is 15.1.